The normalized spacial score (nSPS) is 12.0. The lowest BCUT2D eigenvalue weighted by Crippen LogP contribution is -2.37. The van der Waals surface area contributed by atoms with Gasteiger partial charge in [-0.3, -0.25) is 9.69 Å². The Morgan fingerprint density at radius 1 is 1.36 bits per heavy atom. The predicted molar refractivity (Wildman–Crippen MR) is 91.9 cm³/mol. The number of amides is 1. The molecule has 0 saturated heterocycles. The van der Waals surface area contributed by atoms with Gasteiger partial charge in [0.25, 0.3) is 0 Å². The lowest BCUT2D eigenvalue weighted by Gasteiger charge is -2.20. The molecule has 0 spiro atoms. The zero-order valence-electron chi connectivity index (χ0n) is 14.6. The number of aliphatic hydroxyl groups is 1. The van der Waals surface area contributed by atoms with Crippen LogP contribution in [0.2, 0.25) is 0 Å². The molecular weight excluding hydrogens is 326 g/mol. The molecule has 0 fully saturated rings. The average Bonchev–Trinajstić information content (AvgIpc) is 2.97. The van der Waals surface area contributed by atoms with Crippen LogP contribution in [0.15, 0.2) is 34.9 Å². The van der Waals surface area contributed by atoms with E-state index in [9.17, 15) is 9.90 Å². The van der Waals surface area contributed by atoms with Crippen molar-refractivity contribution >= 4 is 11.7 Å². The van der Waals surface area contributed by atoms with E-state index in [1.807, 2.05) is 0 Å². The minimum atomic E-state index is -0.728. The number of nitrogens with zero attached hydrogens (tertiary/aromatic N) is 2. The monoisotopic (exact) mass is 349 g/mol. The molecule has 0 radical (unpaired) electrons. The van der Waals surface area contributed by atoms with Crippen molar-refractivity contribution in [1.82, 2.24) is 10.1 Å². The number of aliphatic hydroxyl groups excluding tert-OH is 1. The van der Waals surface area contributed by atoms with E-state index in [4.69, 9.17) is 14.0 Å². The van der Waals surface area contributed by atoms with Gasteiger partial charge in [0.1, 0.15) is 30.0 Å². The second kappa shape index (κ2) is 9.05. The van der Waals surface area contributed by atoms with Crippen LogP contribution in [0.5, 0.6) is 11.5 Å². The van der Waals surface area contributed by atoms with Gasteiger partial charge in [0.05, 0.1) is 13.7 Å². The van der Waals surface area contributed by atoms with Gasteiger partial charge in [0.15, 0.2) is 5.82 Å². The molecule has 2 rings (SSSR count). The molecule has 8 heteroatoms. The third-order valence-electron chi connectivity index (χ3n) is 3.33. The van der Waals surface area contributed by atoms with Gasteiger partial charge in [-0.25, -0.2) is 0 Å². The number of carbonyl (C=O) groups excluding carboxylic acids is 1. The molecule has 25 heavy (non-hydrogen) atoms. The van der Waals surface area contributed by atoms with E-state index >= 15 is 0 Å². The number of nitrogens with one attached hydrogen (secondary N) is 1. The number of benzene rings is 1. The maximum Gasteiger partial charge on any atom is 0.239 e. The van der Waals surface area contributed by atoms with Gasteiger partial charge < -0.3 is 24.4 Å². The van der Waals surface area contributed by atoms with Crippen LogP contribution < -0.4 is 14.8 Å². The van der Waals surface area contributed by atoms with Gasteiger partial charge in [-0.1, -0.05) is 5.16 Å². The van der Waals surface area contributed by atoms with Crippen molar-refractivity contribution in [2.75, 3.05) is 39.2 Å². The topological polar surface area (TPSA) is 97.1 Å². The summed E-state index contributed by atoms with van der Waals surface area (Å²) < 4.78 is 15.5. The lowest BCUT2D eigenvalue weighted by atomic mass is 10.3. The molecular formula is C17H23N3O5. The number of aromatic nitrogens is 1. The molecule has 0 aliphatic heterocycles. The Labute approximate surface area is 146 Å². The molecule has 1 aromatic carbocycles. The van der Waals surface area contributed by atoms with E-state index in [-0.39, 0.29) is 19.1 Å². The smallest absolute Gasteiger partial charge is 0.239 e. The van der Waals surface area contributed by atoms with E-state index in [2.05, 4.69) is 10.5 Å². The Balaban J connectivity index is 1.69. The molecule has 1 amide bonds. The fraction of sp³-hybridized carbons (Fsp3) is 0.412. The summed E-state index contributed by atoms with van der Waals surface area (Å²) in [6.45, 7) is 2.28. The number of aryl methyl sites for hydroxylation is 1. The fourth-order valence-electron chi connectivity index (χ4n) is 2.19. The van der Waals surface area contributed by atoms with Crippen LogP contribution in [-0.2, 0) is 4.79 Å². The lowest BCUT2D eigenvalue weighted by molar-refractivity contribution is -0.117. The Morgan fingerprint density at radius 3 is 2.64 bits per heavy atom. The maximum atomic E-state index is 11.9. The standard InChI is InChI=1S/C17H23N3O5/c1-12-8-16(19-25-12)18-17(22)10-20(2)9-13(21)11-24-15-6-4-14(23-3)5-7-15/h4-8,13,21H,9-11H2,1-3H3,(H,18,19,22)/t13-/m1/s1. The second-order valence-corrected chi connectivity index (χ2v) is 5.71. The van der Waals surface area contributed by atoms with Crippen molar-refractivity contribution in [2.45, 2.75) is 13.0 Å². The second-order valence-electron chi connectivity index (χ2n) is 5.71. The van der Waals surface area contributed by atoms with E-state index < -0.39 is 6.10 Å². The van der Waals surface area contributed by atoms with Crippen LogP contribution in [0.25, 0.3) is 0 Å². The SMILES string of the molecule is COc1ccc(OC[C@H](O)CN(C)CC(=O)Nc2cc(C)on2)cc1. The summed E-state index contributed by atoms with van der Waals surface area (Å²) in [7, 11) is 3.33. The van der Waals surface area contributed by atoms with Crippen molar-refractivity contribution in [2.24, 2.45) is 0 Å². The number of likely N-dealkylation sites (N-methyl/N-ethyl adjacent to an activating group) is 1. The number of hydrogen-bond acceptors (Lipinski definition) is 7. The summed E-state index contributed by atoms with van der Waals surface area (Å²) in [6, 6.07) is 8.73. The highest BCUT2D eigenvalue weighted by molar-refractivity contribution is 5.91. The minimum absolute atomic E-state index is 0.117. The molecule has 0 aliphatic rings. The highest BCUT2D eigenvalue weighted by atomic mass is 16.5. The molecule has 136 valence electrons. The molecule has 0 bridgehead atoms. The van der Waals surface area contributed by atoms with Gasteiger partial charge in [-0.2, -0.15) is 0 Å². The molecule has 0 unspecified atom stereocenters. The van der Waals surface area contributed by atoms with Crippen molar-refractivity contribution in [3.63, 3.8) is 0 Å². The first kappa shape index (κ1) is 18.8. The minimum Gasteiger partial charge on any atom is -0.497 e. The Kier molecular flexibility index (Phi) is 6.79. The Hall–Kier alpha value is -2.58. The molecule has 8 nitrogen and oxygen atoms in total. The molecule has 2 N–H and O–H groups in total. The van der Waals surface area contributed by atoms with Crippen molar-refractivity contribution in [3.8, 4) is 11.5 Å². The number of ether oxygens (including phenoxy) is 2. The highest BCUT2D eigenvalue weighted by Crippen LogP contribution is 2.17. The van der Waals surface area contributed by atoms with Crippen molar-refractivity contribution in [1.29, 1.82) is 0 Å². The Morgan fingerprint density at radius 2 is 2.04 bits per heavy atom. The third-order valence-corrected chi connectivity index (χ3v) is 3.33. The van der Waals surface area contributed by atoms with Crippen molar-refractivity contribution in [3.05, 3.63) is 36.1 Å². The number of methoxy groups -OCH3 is 1. The van der Waals surface area contributed by atoms with E-state index in [1.165, 1.54) is 0 Å². The summed E-state index contributed by atoms with van der Waals surface area (Å²) in [6.07, 6.45) is -0.728. The first-order valence-corrected chi connectivity index (χ1v) is 7.83. The fourth-order valence-corrected chi connectivity index (χ4v) is 2.19. The van der Waals surface area contributed by atoms with Crippen molar-refractivity contribution < 1.29 is 23.9 Å². The summed E-state index contributed by atoms with van der Waals surface area (Å²) in [4.78, 5) is 13.6. The zero-order chi connectivity index (χ0) is 18.2. The summed E-state index contributed by atoms with van der Waals surface area (Å²) >= 11 is 0. The van der Waals surface area contributed by atoms with Crippen LogP contribution in [0.1, 0.15) is 5.76 Å². The van der Waals surface area contributed by atoms with Crippen LogP contribution in [0, 0.1) is 6.92 Å². The van der Waals surface area contributed by atoms with Gasteiger partial charge in [0.2, 0.25) is 5.91 Å². The Bertz CT molecular complexity index is 671. The first-order valence-electron chi connectivity index (χ1n) is 7.83. The quantitative estimate of drug-likeness (QED) is 0.704. The average molecular weight is 349 g/mol. The first-order chi connectivity index (χ1) is 12.0. The largest absolute Gasteiger partial charge is 0.497 e. The molecule has 1 atom stereocenters. The molecule has 0 aliphatic carbocycles. The highest BCUT2D eigenvalue weighted by Gasteiger charge is 2.13. The number of rotatable bonds is 9. The number of anilines is 1. The van der Waals surface area contributed by atoms with Gasteiger partial charge in [0, 0.05) is 12.6 Å². The third kappa shape index (κ3) is 6.44. The summed E-state index contributed by atoms with van der Waals surface area (Å²) in [5, 5.41) is 16.4. The van der Waals surface area contributed by atoms with E-state index in [0.717, 1.165) is 5.75 Å². The van der Waals surface area contributed by atoms with Gasteiger partial charge >= 0.3 is 0 Å². The zero-order valence-corrected chi connectivity index (χ0v) is 14.6. The van der Waals surface area contributed by atoms with Gasteiger partial charge in [-0.15, -0.1) is 0 Å². The molecule has 1 aromatic heterocycles. The number of carbonyl (C=O) groups is 1. The molecule has 1 heterocycles. The molecule has 0 saturated carbocycles. The predicted octanol–water partition coefficient (Wildman–Crippen LogP) is 1.30. The van der Waals surface area contributed by atoms with Crippen LogP contribution >= 0.6 is 0 Å². The summed E-state index contributed by atoms with van der Waals surface area (Å²) in [5.74, 6) is 2.13. The van der Waals surface area contributed by atoms with Crippen LogP contribution in [0.3, 0.4) is 0 Å². The van der Waals surface area contributed by atoms with E-state index in [0.29, 0.717) is 23.9 Å². The van der Waals surface area contributed by atoms with E-state index in [1.54, 1.807) is 56.3 Å². The van der Waals surface area contributed by atoms with Gasteiger partial charge in [-0.05, 0) is 38.2 Å². The maximum absolute atomic E-state index is 11.9. The summed E-state index contributed by atoms with van der Waals surface area (Å²) in [5.41, 5.74) is 0. The molecule has 2 aromatic rings. The number of hydrogen-bond donors (Lipinski definition) is 2. The van der Waals surface area contributed by atoms with Crippen LogP contribution in [-0.4, -0.2) is 61.0 Å². The van der Waals surface area contributed by atoms with Crippen LogP contribution in [0.4, 0.5) is 5.82 Å².